The normalized spacial score (nSPS) is 19.6. The fourth-order valence-corrected chi connectivity index (χ4v) is 4.59. The molecule has 2 aromatic rings. The third kappa shape index (κ3) is 6.38. The number of hydrogen-bond acceptors (Lipinski definition) is 7. The lowest BCUT2D eigenvalue weighted by Crippen LogP contribution is -2.50. The molecule has 0 spiro atoms. The number of aliphatic hydroxyl groups excluding tert-OH is 5. The highest BCUT2D eigenvalue weighted by Crippen LogP contribution is 2.38. The lowest BCUT2D eigenvalue weighted by atomic mass is 9.84. The van der Waals surface area contributed by atoms with E-state index in [9.17, 15) is 25.2 Å². The van der Waals surface area contributed by atoms with E-state index in [-0.39, 0.29) is 12.5 Å². The second kappa shape index (κ2) is 11.7. The molecule has 3 rings (SSSR count). The van der Waals surface area contributed by atoms with Crippen LogP contribution in [0.15, 0.2) is 36.4 Å². The number of hydrogen-bond donors (Lipinski definition) is 7. The molecule has 0 radical (unpaired) electrons. The van der Waals surface area contributed by atoms with Crippen molar-refractivity contribution in [3.63, 3.8) is 0 Å². The molecule has 1 aliphatic heterocycles. The summed E-state index contributed by atoms with van der Waals surface area (Å²) in [5.74, 6) is -0.00818. The molecule has 11 heteroatoms. The molecule has 0 saturated heterocycles. The van der Waals surface area contributed by atoms with Gasteiger partial charge in [0, 0.05) is 41.3 Å². The Bertz CT molecular complexity index is 1010. The Hall–Kier alpha value is -1.95. The molecule has 0 saturated carbocycles. The molecule has 1 aliphatic rings. The fraction of sp³-hybridized carbons (Fsp3) is 0.435. The monoisotopic (exact) mass is 513 g/mol. The van der Waals surface area contributed by atoms with Crippen LogP contribution in [0, 0.1) is 0 Å². The molecule has 2 aromatic carbocycles. The van der Waals surface area contributed by atoms with Crippen molar-refractivity contribution in [1.29, 1.82) is 0 Å². The smallest absolute Gasteiger partial charge is 0.319 e. The van der Waals surface area contributed by atoms with Crippen molar-refractivity contribution < 1.29 is 30.3 Å². The first-order chi connectivity index (χ1) is 16.1. The third-order valence-corrected chi connectivity index (χ3v) is 6.39. The van der Waals surface area contributed by atoms with E-state index in [1.165, 1.54) is 0 Å². The maximum absolute atomic E-state index is 12.3. The van der Waals surface area contributed by atoms with E-state index in [1.807, 2.05) is 31.3 Å². The molecule has 1 unspecified atom stereocenters. The van der Waals surface area contributed by atoms with Crippen LogP contribution in [0.4, 0.5) is 10.5 Å². The van der Waals surface area contributed by atoms with Gasteiger partial charge in [-0.25, -0.2) is 4.79 Å². The highest BCUT2D eigenvalue weighted by Gasteiger charge is 2.30. The highest BCUT2D eigenvalue weighted by molar-refractivity contribution is 6.35. The predicted octanol–water partition coefficient (Wildman–Crippen LogP) is 1.13. The highest BCUT2D eigenvalue weighted by atomic mass is 35.5. The molecule has 0 fully saturated rings. The summed E-state index contributed by atoms with van der Waals surface area (Å²) in [5, 5.41) is 53.9. The van der Waals surface area contributed by atoms with Gasteiger partial charge in [0.25, 0.3) is 0 Å². The van der Waals surface area contributed by atoms with Gasteiger partial charge < -0.3 is 41.1 Å². The van der Waals surface area contributed by atoms with E-state index in [4.69, 9.17) is 28.3 Å². The van der Waals surface area contributed by atoms with Gasteiger partial charge in [-0.3, -0.25) is 0 Å². The summed E-state index contributed by atoms with van der Waals surface area (Å²) in [6, 6.07) is 10.4. The van der Waals surface area contributed by atoms with Gasteiger partial charge in [-0.1, -0.05) is 35.3 Å². The molecule has 2 amide bonds. The summed E-state index contributed by atoms with van der Waals surface area (Å²) in [6.07, 6.45) is -6.69. The Kier molecular flexibility index (Phi) is 9.14. The lowest BCUT2D eigenvalue weighted by Gasteiger charge is -2.33. The zero-order valence-corrected chi connectivity index (χ0v) is 20.0. The number of nitrogens with zero attached hydrogens (tertiary/aromatic N) is 1. The lowest BCUT2D eigenvalue weighted by molar-refractivity contribution is -0.113. The van der Waals surface area contributed by atoms with Gasteiger partial charge >= 0.3 is 6.03 Å². The average Bonchev–Trinajstić information content (AvgIpc) is 2.81. The van der Waals surface area contributed by atoms with Gasteiger partial charge in [-0.05, 0) is 48.0 Å². The van der Waals surface area contributed by atoms with E-state index in [2.05, 4.69) is 15.5 Å². The fourth-order valence-electron chi connectivity index (χ4n) is 4.02. The number of carbonyl (C=O) groups excluding carboxylic acids is 1. The number of nitrogens with one attached hydrogen (secondary N) is 2. The Morgan fingerprint density at radius 3 is 2.53 bits per heavy atom. The van der Waals surface area contributed by atoms with Crippen LogP contribution in [-0.4, -0.2) is 87.6 Å². The molecule has 0 aromatic heterocycles. The molecule has 1 heterocycles. The number of likely N-dealkylation sites (N-methyl/N-ethyl adjacent to an activating group) is 1. The number of urea groups is 1. The molecule has 0 aliphatic carbocycles. The van der Waals surface area contributed by atoms with Crippen molar-refractivity contribution in [2.75, 3.05) is 32.1 Å². The summed E-state index contributed by atoms with van der Waals surface area (Å²) in [7, 11) is 2.01. The van der Waals surface area contributed by atoms with Gasteiger partial charge in [0.1, 0.15) is 18.3 Å². The Morgan fingerprint density at radius 2 is 1.82 bits per heavy atom. The van der Waals surface area contributed by atoms with Crippen LogP contribution in [0.3, 0.4) is 0 Å². The second-order valence-corrected chi connectivity index (χ2v) is 9.31. The first kappa shape index (κ1) is 26.7. The largest absolute Gasteiger partial charge is 0.394 e. The van der Waals surface area contributed by atoms with Crippen LogP contribution >= 0.6 is 23.2 Å². The number of fused-ring (bicyclic) bond motifs is 1. The molecule has 0 bridgehead atoms. The Balaban J connectivity index is 1.67. The standard InChI is InChI=1S/C23H29Cl2N3O6/c1-28-9-16(15-6-13(24)7-18(25)17(15)10-28)12-3-2-4-14(5-12)27-23(34)26-8-19(30)21(32)22(33)20(31)11-29/h2-7,16,19-22,29-33H,8-11H2,1H3,(H2,26,27,34)/t16?,19-,20+,21+,22+/m0/s1. The van der Waals surface area contributed by atoms with Crippen LogP contribution < -0.4 is 10.6 Å². The van der Waals surface area contributed by atoms with Crippen LogP contribution in [0.5, 0.6) is 0 Å². The quantitative estimate of drug-likeness (QED) is 0.280. The van der Waals surface area contributed by atoms with Gasteiger partial charge in [0.05, 0.1) is 12.7 Å². The zero-order chi connectivity index (χ0) is 25.0. The summed E-state index contributed by atoms with van der Waals surface area (Å²) in [4.78, 5) is 14.5. The number of rotatable bonds is 8. The number of carbonyl (C=O) groups is 1. The van der Waals surface area contributed by atoms with Crippen LogP contribution in [0.2, 0.25) is 10.0 Å². The van der Waals surface area contributed by atoms with Crippen LogP contribution in [0.25, 0.3) is 0 Å². The molecular weight excluding hydrogens is 485 g/mol. The van der Waals surface area contributed by atoms with Crippen LogP contribution in [0.1, 0.15) is 22.6 Å². The van der Waals surface area contributed by atoms with Crippen molar-refractivity contribution in [3.05, 3.63) is 63.1 Å². The second-order valence-electron chi connectivity index (χ2n) is 8.46. The zero-order valence-electron chi connectivity index (χ0n) is 18.5. The molecule has 7 N–H and O–H groups in total. The van der Waals surface area contributed by atoms with Crippen molar-refractivity contribution in [3.8, 4) is 0 Å². The molecule has 5 atom stereocenters. The van der Waals surface area contributed by atoms with Crippen LogP contribution in [-0.2, 0) is 6.54 Å². The van der Waals surface area contributed by atoms with E-state index >= 15 is 0 Å². The number of anilines is 1. The average molecular weight is 514 g/mol. The first-order valence-electron chi connectivity index (χ1n) is 10.7. The van der Waals surface area contributed by atoms with E-state index in [0.29, 0.717) is 22.3 Å². The number of aliphatic hydroxyl groups is 5. The van der Waals surface area contributed by atoms with Crippen molar-refractivity contribution in [2.45, 2.75) is 36.9 Å². The van der Waals surface area contributed by atoms with E-state index in [1.54, 1.807) is 12.1 Å². The minimum Gasteiger partial charge on any atom is -0.394 e. The van der Waals surface area contributed by atoms with Crippen molar-refractivity contribution in [2.24, 2.45) is 0 Å². The summed E-state index contributed by atoms with van der Waals surface area (Å²) < 4.78 is 0. The van der Waals surface area contributed by atoms with E-state index < -0.39 is 37.1 Å². The first-order valence-corrected chi connectivity index (χ1v) is 11.5. The Labute approximate surface area is 207 Å². The number of benzene rings is 2. The topological polar surface area (TPSA) is 146 Å². The SMILES string of the molecule is CN1Cc2c(Cl)cc(Cl)cc2C(c2cccc(NC(=O)NC[C@H](O)[C@@H](O)[C@H](O)[C@H](O)CO)c2)C1. The molecule has 186 valence electrons. The van der Waals surface area contributed by atoms with Gasteiger partial charge in [-0.2, -0.15) is 0 Å². The summed E-state index contributed by atoms with van der Waals surface area (Å²) >= 11 is 12.7. The Morgan fingerprint density at radius 1 is 1.12 bits per heavy atom. The minimum atomic E-state index is -1.76. The maximum Gasteiger partial charge on any atom is 0.319 e. The minimum absolute atomic E-state index is 0.00818. The number of halogens is 2. The van der Waals surface area contributed by atoms with Gasteiger partial charge in [0.15, 0.2) is 0 Å². The summed E-state index contributed by atoms with van der Waals surface area (Å²) in [5.41, 5.74) is 3.53. The van der Waals surface area contributed by atoms with Crippen molar-refractivity contribution >= 4 is 34.9 Å². The van der Waals surface area contributed by atoms with Gasteiger partial charge in [0.2, 0.25) is 0 Å². The van der Waals surface area contributed by atoms with Crippen molar-refractivity contribution in [1.82, 2.24) is 10.2 Å². The van der Waals surface area contributed by atoms with Gasteiger partial charge in [-0.15, -0.1) is 0 Å². The van der Waals surface area contributed by atoms with E-state index in [0.717, 1.165) is 23.2 Å². The maximum atomic E-state index is 12.3. The molecular formula is C23H29Cl2N3O6. The molecule has 9 nitrogen and oxygen atoms in total. The third-order valence-electron chi connectivity index (χ3n) is 5.84. The number of amides is 2. The molecule has 34 heavy (non-hydrogen) atoms. The predicted molar refractivity (Wildman–Crippen MR) is 129 cm³/mol. The summed E-state index contributed by atoms with van der Waals surface area (Å²) in [6.45, 7) is 0.278.